The van der Waals surface area contributed by atoms with Crippen LogP contribution >= 0.6 is 25.3 Å². The van der Waals surface area contributed by atoms with E-state index in [-0.39, 0.29) is 11.4 Å². The molecule has 0 saturated carbocycles. The molecule has 0 aromatic heterocycles. The number of carbonyl (C=O) groups is 1. The average molecular weight is 399 g/mol. The first-order valence-corrected chi connectivity index (χ1v) is 10.7. The van der Waals surface area contributed by atoms with Crippen molar-refractivity contribution in [2.75, 3.05) is 12.4 Å². The number of esters is 1. The number of unbranched alkanes of at least 4 members (excludes halogenated alkanes) is 2. The lowest BCUT2D eigenvalue weighted by atomic mass is 9.87. The van der Waals surface area contributed by atoms with E-state index in [9.17, 15) is 4.79 Å². The van der Waals surface area contributed by atoms with Gasteiger partial charge in [0.2, 0.25) is 0 Å². The highest BCUT2D eigenvalue weighted by molar-refractivity contribution is 7.80. The lowest BCUT2D eigenvalue weighted by Gasteiger charge is -2.19. The summed E-state index contributed by atoms with van der Waals surface area (Å²) in [6.07, 6.45) is 5.08. The van der Waals surface area contributed by atoms with Crippen molar-refractivity contribution in [3.63, 3.8) is 0 Å². The zero-order valence-electron chi connectivity index (χ0n) is 17.5. The van der Waals surface area contributed by atoms with Crippen LogP contribution in [0.2, 0.25) is 0 Å². The van der Waals surface area contributed by atoms with Gasteiger partial charge in [-0.2, -0.15) is 12.6 Å². The first-order valence-electron chi connectivity index (χ1n) is 9.64. The van der Waals surface area contributed by atoms with Crippen LogP contribution in [0.5, 0.6) is 0 Å². The maximum Gasteiger partial charge on any atom is 0.306 e. The van der Waals surface area contributed by atoms with E-state index in [4.69, 9.17) is 4.74 Å². The van der Waals surface area contributed by atoms with Crippen molar-refractivity contribution in [1.82, 2.24) is 0 Å². The third-order valence-electron chi connectivity index (χ3n) is 4.08. The largest absolute Gasteiger partial charge is 0.466 e. The maximum atomic E-state index is 10.9. The molecular formula is C22H38O2S2. The van der Waals surface area contributed by atoms with Gasteiger partial charge in [0.1, 0.15) is 0 Å². The van der Waals surface area contributed by atoms with E-state index in [1.807, 2.05) is 0 Å². The second-order valence-corrected chi connectivity index (χ2v) is 9.12. The van der Waals surface area contributed by atoms with Gasteiger partial charge in [0.25, 0.3) is 0 Å². The van der Waals surface area contributed by atoms with Gasteiger partial charge in [-0.15, -0.1) is 12.6 Å². The predicted octanol–water partition coefficient (Wildman–Crippen LogP) is 6.65. The summed E-state index contributed by atoms with van der Waals surface area (Å²) in [5.41, 5.74) is 2.81. The summed E-state index contributed by atoms with van der Waals surface area (Å²) in [5, 5.41) is 0. The van der Waals surface area contributed by atoms with E-state index in [1.54, 1.807) is 0 Å². The molecule has 0 aliphatic rings. The highest BCUT2D eigenvalue weighted by Gasteiger charge is 2.13. The van der Waals surface area contributed by atoms with Gasteiger partial charge >= 0.3 is 5.97 Å². The van der Waals surface area contributed by atoms with Crippen molar-refractivity contribution < 1.29 is 9.53 Å². The van der Waals surface area contributed by atoms with Gasteiger partial charge < -0.3 is 4.74 Å². The molecule has 2 nitrogen and oxygen atoms in total. The standard InChI is InChI=1S/C11H22O2S.C11H16S/c1-10(2)6-4-3-5-8-13-11(12)7-9-14;1-8-5-6-9(7-10(8)12)11(2,3)4/h10,14H,3-9H2,1-2H3;5-7,12H,1-4H3. The highest BCUT2D eigenvalue weighted by atomic mass is 32.1. The molecule has 4 heteroatoms. The van der Waals surface area contributed by atoms with E-state index >= 15 is 0 Å². The minimum absolute atomic E-state index is 0.121. The van der Waals surface area contributed by atoms with Crippen LogP contribution in [0.3, 0.4) is 0 Å². The fraction of sp³-hybridized carbons (Fsp3) is 0.682. The number of hydrogen-bond acceptors (Lipinski definition) is 4. The van der Waals surface area contributed by atoms with Crippen LogP contribution < -0.4 is 0 Å². The van der Waals surface area contributed by atoms with Crippen LogP contribution in [0.1, 0.15) is 77.8 Å². The molecular weight excluding hydrogens is 360 g/mol. The van der Waals surface area contributed by atoms with Crippen molar-refractivity contribution in [2.45, 2.75) is 84.0 Å². The number of benzene rings is 1. The van der Waals surface area contributed by atoms with Crippen LogP contribution in [-0.2, 0) is 14.9 Å². The molecule has 1 rings (SSSR count). The summed E-state index contributed by atoms with van der Waals surface area (Å²) in [4.78, 5) is 12.0. The van der Waals surface area contributed by atoms with Crippen molar-refractivity contribution in [3.8, 4) is 0 Å². The van der Waals surface area contributed by atoms with Gasteiger partial charge in [0.05, 0.1) is 13.0 Å². The lowest BCUT2D eigenvalue weighted by Crippen LogP contribution is -2.10. The zero-order valence-corrected chi connectivity index (χ0v) is 19.3. The topological polar surface area (TPSA) is 26.3 Å². The van der Waals surface area contributed by atoms with Crippen LogP contribution in [0.15, 0.2) is 23.1 Å². The smallest absolute Gasteiger partial charge is 0.306 e. The predicted molar refractivity (Wildman–Crippen MR) is 120 cm³/mol. The average Bonchev–Trinajstić information content (AvgIpc) is 2.53. The number of aryl methyl sites for hydroxylation is 1. The maximum absolute atomic E-state index is 10.9. The summed E-state index contributed by atoms with van der Waals surface area (Å²) < 4.78 is 5.00. The summed E-state index contributed by atoms with van der Waals surface area (Å²) in [6.45, 7) is 13.7. The van der Waals surface area contributed by atoms with E-state index < -0.39 is 0 Å². The molecule has 0 aliphatic heterocycles. The quantitative estimate of drug-likeness (QED) is 0.291. The molecule has 0 bridgehead atoms. The Morgan fingerprint density at radius 1 is 1.15 bits per heavy atom. The number of carbonyl (C=O) groups excluding carboxylic acids is 1. The number of hydrogen-bond donors (Lipinski definition) is 2. The molecule has 0 unspecified atom stereocenters. The first-order chi connectivity index (χ1) is 12.1. The van der Waals surface area contributed by atoms with E-state index in [0.29, 0.717) is 18.8 Å². The fourth-order valence-corrected chi connectivity index (χ4v) is 2.65. The normalized spacial score (nSPS) is 11.1. The summed E-state index contributed by atoms with van der Waals surface area (Å²) in [5.74, 6) is 1.23. The second kappa shape index (κ2) is 13.5. The molecule has 1 aromatic rings. The molecule has 0 aliphatic carbocycles. The number of rotatable bonds is 8. The molecule has 0 fully saturated rings. The Kier molecular flexibility index (Phi) is 13.2. The minimum Gasteiger partial charge on any atom is -0.466 e. The second-order valence-electron chi connectivity index (χ2n) is 8.19. The Balaban J connectivity index is 0.000000485. The fourth-order valence-electron chi connectivity index (χ4n) is 2.26. The number of ether oxygens (including phenoxy) is 1. The van der Waals surface area contributed by atoms with Crippen molar-refractivity contribution >= 4 is 31.2 Å². The van der Waals surface area contributed by atoms with Crippen LogP contribution in [0, 0.1) is 12.8 Å². The minimum atomic E-state index is -0.121. The summed E-state index contributed by atoms with van der Waals surface area (Å²) in [7, 11) is 0. The molecule has 0 saturated heterocycles. The van der Waals surface area contributed by atoms with Crippen molar-refractivity contribution in [3.05, 3.63) is 29.3 Å². The monoisotopic (exact) mass is 398 g/mol. The first kappa shape index (κ1) is 25.4. The third-order valence-corrected chi connectivity index (χ3v) is 4.79. The van der Waals surface area contributed by atoms with Gasteiger partial charge in [0.15, 0.2) is 0 Å². The highest BCUT2D eigenvalue weighted by Crippen LogP contribution is 2.25. The van der Waals surface area contributed by atoms with Crippen molar-refractivity contribution in [2.24, 2.45) is 5.92 Å². The van der Waals surface area contributed by atoms with Gasteiger partial charge in [-0.25, -0.2) is 0 Å². The van der Waals surface area contributed by atoms with Crippen LogP contribution in [-0.4, -0.2) is 18.3 Å². The Hall–Kier alpha value is -0.610. The molecule has 0 radical (unpaired) electrons. The van der Waals surface area contributed by atoms with Crippen LogP contribution in [0.4, 0.5) is 0 Å². The summed E-state index contributed by atoms with van der Waals surface area (Å²) >= 11 is 8.36. The van der Waals surface area contributed by atoms with E-state index in [1.165, 1.54) is 24.0 Å². The Morgan fingerprint density at radius 3 is 2.31 bits per heavy atom. The number of thiol groups is 2. The van der Waals surface area contributed by atoms with Gasteiger partial charge in [0, 0.05) is 10.6 Å². The van der Waals surface area contributed by atoms with E-state index in [0.717, 1.165) is 23.7 Å². The molecule has 0 N–H and O–H groups in total. The molecule has 0 atom stereocenters. The summed E-state index contributed by atoms with van der Waals surface area (Å²) in [6, 6.07) is 6.45. The molecule has 0 amide bonds. The molecule has 0 spiro atoms. The SMILES string of the molecule is CC(C)CCCCCOC(=O)CCS.Cc1ccc(C(C)(C)C)cc1S. The lowest BCUT2D eigenvalue weighted by molar-refractivity contribution is -0.143. The molecule has 1 aromatic carbocycles. The molecule has 150 valence electrons. The third kappa shape index (κ3) is 12.7. The Morgan fingerprint density at radius 2 is 1.81 bits per heavy atom. The zero-order chi connectivity index (χ0) is 20.2. The van der Waals surface area contributed by atoms with Gasteiger partial charge in [-0.3, -0.25) is 4.79 Å². The van der Waals surface area contributed by atoms with Crippen LogP contribution in [0.25, 0.3) is 0 Å². The molecule has 26 heavy (non-hydrogen) atoms. The van der Waals surface area contributed by atoms with E-state index in [2.05, 4.69) is 85.0 Å². The van der Waals surface area contributed by atoms with Gasteiger partial charge in [-0.1, -0.05) is 66.0 Å². The Labute approximate surface area is 172 Å². The molecule has 0 heterocycles. The van der Waals surface area contributed by atoms with Gasteiger partial charge in [-0.05, 0) is 41.9 Å². The van der Waals surface area contributed by atoms with Crippen molar-refractivity contribution in [1.29, 1.82) is 0 Å². The Bertz CT molecular complexity index is 519.